The zero-order valence-electron chi connectivity index (χ0n) is 14.3. The molecule has 0 aliphatic rings. The average molecular weight is 345 g/mol. The molecule has 2 aromatic rings. The molecule has 0 spiro atoms. The van der Waals surface area contributed by atoms with E-state index in [1.165, 1.54) is 19.2 Å². The van der Waals surface area contributed by atoms with Crippen molar-refractivity contribution in [3.63, 3.8) is 0 Å². The third kappa shape index (κ3) is 4.56. The van der Waals surface area contributed by atoms with E-state index in [9.17, 15) is 19.1 Å². The van der Waals surface area contributed by atoms with E-state index in [1.807, 2.05) is 19.9 Å². The number of methoxy groups -OCH3 is 1. The molecule has 0 aliphatic heterocycles. The standard InChI is InChI=1S/C19H20FNO4/c1-11-4-6-14(8-12(11)2)18(19(23)24)21-17(22)10-13-5-7-16(25-3)15(20)9-13/h4-9,18H,10H2,1-3H3,(H,21,22)(H,23,24). The van der Waals surface area contributed by atoms with Crippen molar-refractivity contribution in [1.29, 1.82) is 0 Å². The summed E-state index contributed by atoms with van der Waals surface area (Å²) in [6, 6.07) is 8.25. The SMILES string of the molecule is COc1ccc(CC(=O)NC(C(=O)O)c2ccc(C)c(C)c2)cc1F. The van der Waals surface area contributed by atoms with Crippen molar-refractivity contribution in [1.82, 2.24) is 5.32 Å². The number of aryl methyl sites for hydroxylation is 2. The molecule has 0 saturated heterocycles. The van der Waals surface area contributed by atoms with Gasteiger partial charge in [-0.3, -0.25) is 4.79 Å². The van der Waals surface area contributed by atoms with Crippen LogP contribution in [0.5, 0.6) is 5.75 Å². The molecule has 1 atom stereocenters. The van der Waals surface area contributed by atoms with Crippen LogP contribution in [0.25, 0.3) is 0 Å². The van der Waals surface area contributed by atoms with Crippen LogP contribution >= 0.6 is 0 Å². The van der Waals surface area contributed by atoms with E-state index >= 15 is 0 Å². The van der Waals surface area contributed by atoms with Crippen molar-refractivity contribution in [2.24, 2.45) is 0 Å². The Hall–Kier alpha value is -2.89. The Morgan fingerprint density at radius 1 is 1.16 bits per heavy atom. The van der Waals surface area contributed by atoms with E-state index in [0.29, 0.717) is 11.1 Å². The number of nitrogens with one attached hydrogen (secondary N) is 1. The second-order valence-electron chi connectivity index (χ2n) is 5.83. The van der Waals surface area contributed by atoms with Gasteiger partial charge in [-0.15, -0.1) is 0 Å². The second kappa shape index (κ2) is 7.79. The number of rotatable bonds is 6. The Bertz CT molecular complexity index is 804. The van der Waals surface area contributed by atoms with Crippen molar-refractivity contribution in [3.8, 4) is 5.75 Å². The van der Waals surface area contributed by atoms with Gasteiger partial charge in [-0.05, 0) is 48.2 Å². The minimum Gasteiger partial charge on any atom is -0.494 e. The van der Waals surface area contributed by atoms with Gasteiger partial charge in [0.1, 0.15) is 0 Å². The average Bonchev–Trinajstić information content (AvgIpc) is 2.55. The summed E-state index contributed by atoms with van der Waals surface area (Å²) in [6.45, 7) is 3.80. The van der Waals surface area contributed by atoms with E-state index in [-0.39, 0.29) is 12.2 Å². The lowest BCUT2D eigenvalue weighted by Gasteiger charge is -2.16. The van der Waals surface area contributed by atoms with E-state index < -0.39 is 23.7 Å². The van der Waals surface area contributed by atoms with Crippen LogP contribution in [-0.2, 0) is 16.0 Å². The maximum Gasteiger partial charge on any atom is 0.330 e. The molecule has 0 radical (unpaired) electrons. The lowest BCUT2D eigenvalue weighted by molar-refractivity contribution is -0.141. The van der Waals surface area contributed by atoms with Gasteiger partial charge in [-0.1, -0.05) is 24.3 Å². The van der Waals surface area contributed by atoms with Gasteiger partial charge in [-0.25, -0.2) is 9.18 Å². The van der Waals surface area contributed by atoms with Gasteiger partial charge in [0.2, 0.25) is 5.91 Å². The molecule has 1 amide bonds. The molecule has 25 heavy (non-hydrogen) atoms. The summed E-state index contributed by atoms with van der Waals surface area (Å²) >= 11 is 0. The molecule has 0 aliphatic carbocycles. The summed E-state index contributed by atoms with van der Waals surface area (Å²) in [6.07, 6.45) is -0.129. The van der Waals surface area contributed by atoms with Crippen molar-refractivity contribution in [3.05, 3.63) is 64.5 Å². The molecule has 2 rings (SSSR count). The highest BCUT2D eigenvalue weighted by Crippen LogP contribution is 2.20. The lowest BCUT2D eigenvalue weighted by atomic mass is 10.0. The van der Waals surface area contributed by atoms with E-state index in [2.05, 4.69) is 5.32 Å². The van der Waals surface area contributed by atoms with Crippen LogP contribution < -0.4 is 10.1 Å². The monoisotopic (exact) mass is 345 g/mol. The first-order valence-electron chi connectivity index (χ1n) is 7.73. The summed E-state index contributed by atoms with van der Waals surface area (Å²) < 4.78 is 18.5. The zero-order chi connectivity index (χ0) is 18.6. The maximum absolute atomic E-state index is 13.7. The van der Waals surface area contributed by atoms with Gasteiger partial charge in [0, 0.05) is 0 Å². The van der Waals surface area contributed by atoms with Gasteiger partial charge in [0.15, 0.2) is 17.6 Å². The number of carboxylic acids is 1. The number of halogens is 1. The maximum atomic E-state index is 13.7. The van der Waals surface area contributed by atoms with Gasteiger partial charge in [-0.2, -0.15) is 0 Å². The molecule has 2 aromatic carbocycles. The minimum atomic E-state index is -1.16. The molecule has 0 fully saturated rings. The van der Waals surface area contributed by atoms with E-state index in [1.54, 1.807) is 18.2 Å². The number of amides is 1. The summed E-state index contributed by atoms with van der Waals surface area (Å²) in [5, 5.41) is 11.9. The van der Waals surface area contributed by atoms with Crippen LogP contribution in [0.15, 0.2) is 36.4 Å². The predicted molar refractivity (Wildman–Crippen MR) is 91.1 cm³/mol. The van der Waals surface area contributed by atoms with Crippen molar-refractivity contribution < 1.29 is 23.8 Å². The Labute approximate surface area is 145 Å². The summed E-state index contributed by atoms with van der Waals surface area (Å²) in [5.74, 6) is -2.15. The van der Waals surface area contributed by atoms with Crippen LogP contribution in [0.1, 0.15) is 28.3 Å². The number of carbonyl (C=O) groups excluding carboxylic acids is 1. The quantitative estimate of drug-likeness (QED) is 0.844. The molecule has 132 valence electrons. The Kier molecular flexibility index (Phi) is 5.75. The van der Waals surface area contributed by atoms with Crippen molar-refractivity contribution in [2.45, 2.75) is 26.3 Å². The fraction of sp³-hybridized carbons (Fsp3) is 0.263. The van der Waals surface area contributed by atoms with E-state index in [0.717, 1.165) is 11.1 Å². The van der Waals surface area contributed by atoms with Crippen LogP contribution in [0.4, 0.5) is 4.39 Å². The number of ether oxygens (including phenoxy) is 1. The number of benzene rings is 2. The van der Waals surface area contributed by atoms with Crippen molar-refractivity contribution in [2.75, 3.05) is 7.11 Å². The summed E-state index contributed by atoms with van der Waals surface area (Å²) in [4.78, 5) is 23.7. The molecule has 0 heterocycles. The highest BCUT2D eigenvalue weighted by atomic mass is 19.1. The summed E-state index contributed by atoms with van der Waals surface area (Å²) in [5.41, 5.74) is 2.90. The second-order valence-corrected chi connectivity index (χ2v) is 5.83. The molecule has 1 unspecified atom stereocenters. The molecule has 0 bridgehead atoms. The fourth-order valence-corrected chi connectivity index (χ4v) is 2.45. The van der Waals surface area contributed by atoms with Crippen LogP contribution in [0.3, 0.4) is 0 Å². The Morgan fingerprint density at radius 2 is 1.88 bits per heavy atom. The molecule has 0 saturated carbocycles. The molecule has 6 heteroatoms. The van der Waals surface area contributed by atoms with Crippen LogP contribution in [-0.4, -0.2) is 24.1 Å². The molecule has 2 N–H and O–H groups in total. The zero-order valence-corrected chi connectivity index (χ0v) is 14.3. The molecular weight excluding hydrogens is 325 g/mol. The first kappa shape index (κ1) is 18.4. The number of carboxylic acid groups (broad SMARTS) is 1. The third-order valence-electron chi connectivity index (χ3n) is 4.00. The Balaban J connectivity index is 2.14. The largest absolute Gasteiger partial charge is 0.494 e. The van der Waals surface area contributed by atoms with Gasteiger partial charge >= 0.3 is 5.97 Å². The smallest absolute Gasteiger partial charge is 0.330 e. The van der Waals surface area contributed by atoms with Crippen LogP contribution in [0.2, 0.25) is 0 Å². The topological polar surface area (TPSA) is 75.6 Å². The highest BCUT2D eigenvalue weighted by Gasteiger charge is 2.22. The van der Waals surface area contributed by atoms with Gasteiger partial charge < -0.3 is 15.2 Å². The fourth-order valence-electron chi connectivity index (χ4n) is 2.45. The van der Waals surface area contributed by atoms with Crippen molar-refractivity contribution >= 4 is 11.9 Å². The van der Waals surface area contributed by atoms with Crippen LogP contribution in [0, 0.1) is 19.7 Å². The number of aliphatic carboxylic acids is 1. The number of carbonyl (C=O) groups is 2. The number of hydrogen-bond donors (Lipinski definition) is 2. The van der Waals surface area contributed by atoms with E-state index in [4.69, 9.17) is 4.74 Å². The normalized spacial score (nSPS) is 11.7. The third-order valence-corrected chi connectivity index (χ3v) is 4.00. The highest BCUT2D eigenvalue weighted by molar-refractivity contribution is 5.85. The van der Waals surface area contributed by atoms with Gasteiger partial charge in [0.05, 0.1) is 13.5 Å². The Morgan fingerprint density at radius 3 is 2.44 bits per heavy atom. The summed E-state index contributed by atoms with van der Waals surface area (Å²) in [7, 11) is 1.35. The molecular formula is C19H20FNO4. The predicted octanol–water partition coefficient (Wildman–Crippen LogP) is 2.94. The first-order chi connectivity index (χ1) is 11.8. The number of hydrogen-bond acceptors (Lipinski definition) is 3. The van der Waals surface area contributed by atoms with Gasteiger partial charge in [0.25, 0.3) is 0 Å². The minimum absolute atomic E-state index is 0.0858. The molecule has 5 nitrogen and oxygen atoms in total. The molecule has 0 aromatic heterocycles. The first-order valence-corrected chi connectivity index (χ1v) is 7.73. The lowest BCUT2D eigenvalue weighted by Crippen LogP contribution is -2.34.